The Morgan fingerprint density at radius 2 is 1.74 bits per heavy atom. The summed E-state index contributed by atoms with van der Waals surface area (Å²) in [5.41, 5.74) is -0.760. The fourth-order valence-electron chi connectivity index (χ4n) is 1.38. The fourth-order valence-corrected chi connectivity index (χ4v) is 1.38. The van der Waals surface area contributed by atoms with Crippen molar-refractivity contribution in [2.24, 2.45) is 0 Å². The molecule has 0 fully saturated rings. The maximum atomic E-state index is 11.9. The Bertz CT molecular complexity index is 483. The third-order valence-corrected chi connectivity index (χ3v) is 2.43. The summed E-state index contributed by atoms with van der Waals surface area (Å²) in [6.07, 6.45) is 0. The Morgan fingerprint density at radius 1 is 1.16 bits per heavy atom. The van der Waals surface area contributed by atoms with E-state index in [1.54, 1.807) is 30.3 Å². The van der Waals surface area contributed by atoms with Crippen molar-refractivity contribution in [1.29, 1.82) is 0 Å². The van der Waals surface area contributed by atoms with E-state index in [1.165, 1.54) is 13.8 Å². The number of rotatable bonds is 5. The van der Waals surface area contributed by atoms with Crippen LogP contribution >= 0.6 is 0 Å². The van der Waals surface area contributed by atoms with Crippen molar-refractivity contribution in [2.75, 3.05) is 6.54 Å². The lowest BCUT2D eigenvalue weighted by Gasteiger charge is -2.24. The first-order chi connectivity index (χ1) is 8.83. The van der Waals surface area contributed by atoms with Gasteiger partial charge >= 0.3 is 5.97 Å². The van der Waals surface area contributed by atoms with Crippen LogP contribution in [0.3, 0.4) is 0 Å². The van der Waals surface area contributed by atoms with Gasteiger partial charge in [0.15, 0.2) is 0 Å². The molecule has 0 bridgehead atoms. The highest BCUT2D eigenvalue weighted by Crippen LogP contribution is 2.06. The summed E-state index contributed by atoms with van der Waals surface area (Å²) in [6.45, 7) is 2.53. The first-order valence-corrected chi connectivity index (χ1v) is 5.70. The Kier molecular flexibility index (Phi) is 4.63. The summed E-state index contributed by atoms with van der Waals surface area (Å²) >= 11 is 0. The van der Waals surface area contributed by atoms with Crippen LogP contribution in [0.1, 0.15) is 24.2 Å². The minimum absolute atomic E-state index is 0.393. The molecule has 0 saturated heterocycles. The van der Waals surface area contributed by atoms with Crippen molar-refractivity contribution in [3.63, 3.8) is 0 Å². The number of aliphatic carboxylic acids is 1. The average molecular weight is 264 g/mol. The topological polar surface area (TPSA) is 95.5 Å². The number of carbonyl (C=O) groups excluding carboxylic acids is 2. The van der Waals surface area contributed by atoms with E-state index < -0.39 is 29.9 Å². The van der Waals surface area contributed by atoms with E-state index in [4.69, 9.17) is 5.11 Å². The van der Waals surface area contributed by atoms with Gasteiger partial charge in [-0.05, 0) is 26.0 Å². The molecule has 0 heterocycles. The number of hydrogen-bond acceptors (Lipinski definition) is 3. The summed E-state index contributed by atoms with van der Waals surface area (Å²) in [6, 6.07) is 8.46. The molecular weight excluding hydrogens is 248 g/mol. The highest BCUT2D eigenvalue weighted by Gasteiger charge is 2.29. The smallest absolute Gasteiger partial charge is 0.322 e. The third kappa shape index (κ3) is 4.42. The van der Waals surface area contributed by atoms with Gasteiger partial charge in [-0.1, -0.05) is 18.2 Å². The zero-order valence-electron chi connectivity index (χ0n) is 10.8. The number of carboxylic acids is 1. The first kappa shape index (κ1) is 14.7. The molecule has 102 valence electrons. The molecule has 6 heteroatoms. The first-order valence-electron chi connectivity index (χ1n) is 5.70. The molecule has 0 aliphatic rings. The van der Waals surface area contributed by atoms with Crippen molar-refractivity contribution in [2.45, 2.75) is 19.4 Å². The second-order valence-electron chi connectivity index (χ2n) is 4.52. The van der Waals surface area contributed by atoms with Crippen LogP contribution in [0.2, 0.25) is 0 Å². The Hall–Kier alpha value is -2.37. The van der Waals surface area contributed by atoms with Gasteiger partial charge in [0.25, 0.3) is 5.91 Å². The molecule has 0 radical (unpaired) electrons. The molecule has 0 aliphatic heterocycles. The number of carboxylic acid groups (broad SMARTS) is 1. The molecular formula is C13H16N2O4. The predicted molar refractivity (Wildman–Crippen MR) is 68.6 cm³/mol. The quantitative estimate of drug-likeness (QED) is 0.717. The molecule has 0 atom stereocenters. The molecule has 2 amide bonds. The third-order valence-electron chi connectivity index (χ3n) is 2.43. The molecule has 0 unspecified atom stereocenters. The molecule has 0 aliphatic carbocycles. The summed E-state index contributed by atoms with van der Waals surface area (Å²) in [7, 11) is 0. The maximum Gasteiger partial charge on any atom is 0.322 e. The highest BCUT2D eigenvalue weighted by molar-refractivity contribution is 5.99. The van der Waals surface area contributed by atoms with Crippen molar-refractivity contribution in [1.82, 2.24) is 10.6 Å². The summed E-state index contributed by atoms with van der Waals surface area (Å²) < 4.78 is 0. The van der Waals surface area contributed by atoms with Crippen LogP contribution in [-0.2, 0) is 9.59 Å². The zero-order valence-corrected chi connectivity index (χ0v) is 10.8. The SMILES string of the molecule is CC(C)(NC(=O)c1ccccc1)C(=O)NCC(=O)O. The lowest BCUT2D eigenvalue weighted by molar-refractivity contribution is -0.138. The van der Waals surface area contributed by atoms with E-state index in [0.717, 1.165) is 0 Å². The maximum absolute atomic E-state index is 11.9. The van der Waals surface area contributed by atoms with Gasteiger partial charge in [-0.25, -0.2) is 0 Å². The Balaban J connectivity index is 2.66. The summed E-state index contributed by atoms with van der Waals surface area (Å²) in [4.78, 5) is 34.0. The molecule has 0 aromatic heterocycles. The van der Waals surface area contributed by atoms with Gasteiger partial charge in [-0.3, -0.25) is 14.4 Å². The predicted octanol–water partition coefficient (Wildman–Crippen LogP) is 0.396. The molecule has 6 nitrogen and oxygen atoms in total. The monoisotopic (exact) mass is 264 g/mol. The molecule has 19 heavy (non-hydrogen) atoms. The van der Waals surface area contributed by atoms with Gasteiger partial charge in [-0.15, -0.1) is 0 Å². The van der Waals surface area contributed by atoms with Crippen molar-refractivity contribution >= 4 is 17.8 Å². The van der Waals surface area contributed by atoms with Crippen LogP contribution in [-0.4, -0.2) is 35.0 Å². The van der Waals surface area contributed by atoms with Gasteiger partial charge in [0.05, 0.1) is 0 Å². The van der Waals surface area contributed by atoms with Gasteiger partial charge in [0, 0.05) is 5.56 Å². The summed E-state index contributed by atoms with van der Waals surface area (Å²) in [5.74, 6) is -2.09. The van der Waals surface area contributed by atoms with Crippen LogP contribution in [0.4, 0.5) is 0 Å². The van der Waals surface area contributed by atoms with Crippen molar-refractivity contribution in [3.05, 3.63) is 35.9 Å². The van der Waals surface area contributed by atoms with Crippen molar-refractivity contribution in [3.8, 4) is 0 Å². The summed E-state index contributed by atoms with van der Waals surface area (Å²) in [5, 5.41) is 13.3. The van der Waals surface area contributed by atoms with Crippen molar-refractivity contribution < 1.29 is 19.5 Å². The zero-order chi connectivity index (χ0) is 14.5. The Labute approximate surface area is 110 Å². The van der Waals surface area contributed by atoms with Crippen LogP contribution in [0, 0.1) is 0 Å². The van der Waals surface area contributed by atoms with E-state index in [0.29, 0.717) is 5.56 Å². The fraction of sp³-hybridized carbons (Fsp3) is 0.308. The van der Waals surface area contributed by atoms with E-state index >= 15 is 0 Å². The number of nitrogens with one attached hydrogen (secondary N) is 2. The van der Waals surface area contributed by atoms with E-state index in [1.807, 2.05) is 0 Å². The normalized spacial score (nSPS) is 10.6. The molecule has 0 saturated carbocycles. The largest absolute Gasteiger partial charge is 0.480 e. The van der Waals surface area contributed by atoms with E-state index in [2.05, 4.69) is 10.6 Å². The highest BCUT2D eigenvalue weighted by atomic mass is 16.4. The number of carbonyl (C=O) groups is 3. The minimum Gasteiger partial charge on any atom is -0.480 e. The van der Waals surface area contributed by atoms with Crippen LogP contribution in [0.25, 0.3) is 0 Å². The van der Waals surface area contributed by atoms with E-state index in [9.17, 15) is 14.4 Å². The molecule has 1 rings (SSSR count). The van der Waals surface area contributed by atoms with E-state index in [-0.39, 0.29) is 0 Å². The van der Waals surface area contributed by atoms with Gasteiger partial charge < -0.3 is 15.7 Å². The van der Waals surface area contributed by atoms with Gasteiger partial charge in [-0.2, -0.15) is 0 Å². The molecule has 3 N–H and O–H groups in total. The number of benzene rings is 1. The molecule has 1 aromatic rings. The van der Waals surface area contributed by atoms with Crippen LogP contribution in [0.5, 0.6) is 0 Å². The molecule has 1 aromatic carbocycles. The Morgan fingerprint density at radius 3 is 2.26 bits per heavy atom. The van der Waals surface area contributed by atoms with Gasteiger partial charge in [0.1, 0.15) is 12.1 Å². The van der Waals surface area contributed by atoms with Crippen LogP contribution < -0.4 is 10.6 Å². The second-order valence-corrected chi connectivity index (χ2v) is 4.52. The average Bonchev–Trinajstić information content (AvgIpc) is 2.36. The lowest BCUT2D eigenvalue weighted by Crippen LogP contribution is -2.55. The van der Waals surface area contributed by atoms with Crippen LogP contribution in [0.15, 0.2) is 30.3 Å². The lowest BCUT2D eigenvalue weighted by atomic mass is 10.0. The second kappa shape index (κ2) is 5.99. The standard InChI is InChI=1S/C13H16N2O4/c1-13(2,12(19)14-8-10(16)17)15-11(18)9-6-4-3-5-7-9/h3-7H,8H2,1-2H3,(H,14,19)(H,15,18)(H,16,17). The number of hydrogen-bond donors (Lipinski definition) is 3. The minimum atomic E-state index is -1.19. The molecule has 0 spiro atoms. The number of amides is 2. The van der Waals surface area contributed by atoms with Gasteiger partial charge in [0.2, 0.25) is 5.91 Å².